The van der Waals surface area contributed by atoms with E-state index in [1.54, 1.807) is 0 Å². The van der Waals surface area contributed by atoms with Crippen molar-refractivity contribution in [3.63, 3.8) is 0 Å². The Kier molecular flexibility index (Phi) is 4.90. The van der Waals surface area contributed by atoms with Crippen LogP contribution in [0.1, 0.15) is 16.1 Å². The van der Waals surface area contributed by atoms with E-state index in [1.807, 2.05) is 31.2 Å². The van der Waals surface area contributed by atoms with Gasteiger partial charge in [-0.15, -0.1) is 0 Å². The van der Waals surface area contributed by atoms with Gasteiger partial charge in [-0.1, -0.05) is 29.8 Å². The van der Waals surface area contributed by atoms with Gasteiger partial charge in [0.05, 0.1) is 17.4 Å². The molecule has 2 N–H and O–H groups in total. The van der Waals surface area contributed by atoms with Gasteiger partial charge in [0.15, 0.2) is 0 Å². The average Bonchev–Trinajstić information content (AvgIpc) is 2.61. The summed E-state index contributed by atoms with van der Waals surface area (Å²) in [5.74, 6) is -0.435. The lowest BCUT2D eigenvalue weighted by Gasteiger charge is -2.09. The number of benzene rings is 2. The molecule has 0 radical (unpaired) electrons. The lowest BCUT2D eigenvalue weighted by atomic mass is 10.2. The van der Waals surface area contributed by atoms with Crippen LogP contribution in [0.4, 0.5) is 21.6 Å². The molecule has 126 valence electrons. The van der Waals surface area contributed by atoms with E-state index in [-0.39, 0.29) is 16.6 Å². The van der Waals surface area contributed by atoms with Crippen molar-refractivity contribution in [2.45, 2.75) is 6.92 Å². The molecule has 2 aromatic carbocycles. The molecule has 0 unspecified atom stereocenters. The van der Waals surface area contributed by atoms with Crippen LogP contribution in [-0.2, 0) is 0 Å². The molecule has 5 nitrogen and oxygen atoms in total. The molecule has 25 heavy (non-hydrogen) atoms. The normalized spacial score (nSPS) is 10.4. The highest BCUT2D eigenvalue weighted by Gasteiger charge is 2.10. The number of nitrogens with one attached hydrogen (secondary N) is 2. The number of aromatic nitrogens is 2. The molecule has 0 spiro atoms. The van der Waals surface area contributed by atoms with E-state index in [0.29, 0.717) is 11.5 Å². The fourth-order valence-corrected chi connectivity index (χ4v) is 2.31. The number of amides is 1. The highest BCUT2D eigenvalue weighted by atomic mass is 35.5. The summed E-state index contributed by atoms with van der Waals surface area (Å²) in [6.07, 6.45) is 2.78. The van der Waals surface area contributed by atoms with Gasteiger partial charge in [-0.05, 0) is 36.8 Å². The number of aryl methyl sites for hydroxylation is 1. The van der Waals surface area contributed by atoms with Gasteiger partial charge in [0.1, 0.15) is 17.3 Å². The number of anilines is 3. The van der Waals surface area contributed by atoms with Crippen molar-refractivity contribution < 1.29 is 9.18 Å². The third-order valence-electron chi connectivity index (χ3n) is 3.47. The van der Waals surface area contributed by atoms with Crippen molar-refractivity contribution >= 4 is 34.7 Å². The maximum atomic E-state index is 13.2. The van der Waals surface area contributed by atoms with Gasteiger partial charge in [-0.2, -0.15) is 0 Å². The zero-order valence-electron chi connectivity index (χ0n) is 13.3. The zero-order valence-corrected chi connectivity index (χ0v) is 14.0. The van der Waals surface area contributed by atoms with Gasteiger partial charge in [-0.25, -0.2) is 14.4 Å². The highest BCUT2D eigenvalue weighted by Crippen LogP contribution is 2.21. The van der Waals surface area contributed by atoms with Crippen LogP contribution in [0.2, 0.25) is 5.02 Å². The maximum absolute atomic E-state index is 13.2. The Morgan fingerprint density at radius 1 is 1.12 bits per heavy atom. The fourth-order valence-electron chi connectivity index (χ4n) is 2.13. The number of carbonyl (C=O) groups excluding carboxylic acids is 1. The molecule has 0 aliphatic heterocycles. The van der Waals surface area contributed by atoms with Crippen molar-refractivity contribution in [2.75, 3.05) is 10.6 Å². The lowest BCUT2D eigenvalue weighted by Crippen LogP contribution is -2.15. The molecule has 0 atom stereocenters. The molecular formula is C18H14ClFN4O. The van der Waals surface area contributed by atoms with E-state index in [9.17, 15) is 9.18 Å². The van der Waals surface area contributed by atoms with E-state index in [4.69, 9.17) is 11.6 Å². The summed E-state index contributed by atoms with van der Waals surface area (Å²) >= 11 is 5.73. The Balaban J connectivity index is 1.70. The Bertz CT molecular complexity index is 915. The molecule has 0 fully saturated rings. The van der Waals surface area contributed by atoms with Crippen LogP contribution >= 0.6 is 11.6 Å². The first-order valence-corrected chi connectivity index (χ1v) is 7.82. The number of rotatable bonds is 4. The molecule has 7 heteroatoms. The predicted octanol–water partition coefficient (Wildman–Crippen LogP) is 4.57. The van der Waals surface area contributed by atoms with Crippen molar-refractivity contribution in [1.82, 2.24) is 9.97 Å². The first kappa shape index (κ1) is 16.9. The number of hydrogen-bond acceptors (Lipinski definition) is 4. The molecule has 0 saturated carbocycles. The van der Waals surface area contributed by atoms with Crippen molar-refractivity contribution in [3.05, 3.63) is 77.0 Å². The molecular weight excluding hydrogens is 343 g/mol. The number of nitrogens with zero attached hydrogens (tertiary/aromatic N) is 2. The van der Waals surface area contributed by atoms with Crippen LogP contribution in [0, 0.1) is 12.7 Å². The molecule has 0 bridgehead atoms. The SMILES string of the molecule is Cc1ccccc1NC(=O)c1cnc(Nc2ccc(F)c(Cl)c2)cn1. The standard InChI is InChI=1S/C18H14ClFN4O/c1-11-4-2-3-5-15(11)24-18(25)16-9-22-17(10-21-16)23-12-6-7-14(20)13(19)8-12/h2-10H,1H3,(H,22,23)(H,24,25). The summed E-state index contributed by atoms with van der Waals surface area (Å²) in [4.78, 5) is 20.5. The summed E-state index contributed by atoms with van der Waals surface area (Å²) < 4.78 is 13.2. The smallest absolute Gasteiger partial charge is 0.275 e. The number of hydrogen-bond donors (Lipinski definition) is 2. The summed E-state index contributed by atoms with van der Waals surface area (Å²) in [6, 6.07) is 11.7. The van der Waals surface area contributed by atoms with Gasteiger partial charge in [0.25, 0.3) is 5.91 Å². The molecule has 3 aromatic rings. The van der Waals surface area contributed by atoms with Gasteiger partial charge >= 0.3 is 0 Å². The van der Waals surface area contributed by atoms with Crippen LogP contribution in [-0.4, -0.2) is 15.9 Å². The van der Waals surface area contributed by atoms with Crippen LogP contribution in [0.25, 0.3) is 0 Å². The van der Waals surface area contributed by atoms with Gasteiger partial charge < -0.3 is 10.6 Å². The van der Waals surface area contributed by atoms with E-state index in [0.717, 1.165) is 11.3 Å². The number of halogens is 2. The maximum Gasteiger partial charge on any atom is 0.275 e. The third kappa shape index (κ3) is 4.10. The fraction of sp³-hybridized carbons (Fsp3) is 0.0556. The van der Waals surface area contributed by atoms with Gasteiger partial charge in [-0.3, -0.25) is 4.79 Å². The minimum Gasteiger partial charge on any atom is -0.339 e. The molecule has 1 heterocycles. The largest absolute Gasteiger partial charge is 0.339 e. The second-order valence-corrected chi connectivity index (χ2v) is 5.72. The van der Waals surface area contributed by atoms with Crippen molar-refractivity contribution in [2.24, 2.45) is 0 Å². The third-order valence-corrected chi connectivity index (χ3v) is 3.76. The van der Waals surface area contributed by atoms with Crippen molar-refractivity contribution in [3.8, 4) is 0 Å². The van der Waals surface area contributed by atoms with Crippen LogP contribution in [0.15, 0.2) is 54.9 Å². The van der Waals surface area contributed by atoms with Gasteiger partial charge in [0.2, 0.25) is 0 Å². The Morgan fingerprint density at radius 2 is 1.92 bits per heavy atom. The molecule has 0 aliphatic rings. The molecule has 3 rings (SSSR count). The number of para-hydroxylation sites is 1. The Labute approximate surface area is 148 Å². The monoisotopic (exact) mass is 356 g/mol. The Morgan fingerprint density at radius 3 is 2.60 bits per heavy atom. The summed E-state index contributed by atoms with van der Waals surface area (Å²) in [6.45, 7) is 1.90. The van der Waals surface area contributed by atoms with Crippen molar-refractivity contribution in [1.29, 1.82) is 0 Å². The van der Waals surface area contributed by atoms with Gasteiger partial charge in [0, 0.05) is 11.4 Å². The van der Waals surface area contributed by atoms with E-state index >= 15 is 0 Å². The van der Waals surface area contributed by atoms with Crippen LogP contribution < -0.4 is 10.6 Å². The topological polar surface area (TPSA) is 66.9 Å². The highest BCUT2D eigenvalue weighted by molar-refractivity contribution is 6.31. The summed E-state index contributed by atoms with van der Waals surface area (Å²) in [7, 11) is 0. The first-order chi connectivity index (χ1) is 12.0. The summed E-state index contributed by atoms with van der Waals surface area (Å²) in [5.41, 5.74) is 2.43. The van der Waals surface area contributed by atoms with Crippen LogP contribution in [0.5, 0.6) is 0 Å². The van der Waals surface area contributed by atoms with E-state index in [2.05, 4.69) is 20.6 Å². The average molecular weight is 357 g/mol. The predicted molar refractivity (Wildman–Crippen MR) is 95.9 cm³/mol. The number of carbonyl (C=O) groups is 1. The first-order valence-electron chi connectivity index (χ1n) is 7.44. The minimum absolute atomic E-state index is 0.00666. The van der Waals surface area contributed by atoms with Crippen LogP contribution in [0.3, 0.4) is 0 Å². The minimum atomic E-state index is -0.499. The summed E-state index contributed by atoms with van der Waals surface area (Å²) in [5, 5.41) is 5.74. The second-order valence-electron chi connectivity index (χ2n) is 5.31. The van der Waals surface area contributed by atoms with E-state index < -0.39 is 5.82 Å². The van der Waals surface area contributed by atoms with E-state index in [1.165, 1.54) is 30.6 Å². The molecule has 0 aliphatic carbocycles. The lowest BCUT2D eigenvalue weighted by molar-refractivity contribution is 0.102. The molecule has 1 aromatic heterocycles. The zero-order chi connectivity index (χ0) is 17.8. The molecule has 0 saturated heterocycles. The molecule has 1 amide bonds. The Hall–Kier alpha value is -2.99. The second kappa shape index (κ2) is 7.27. The quantitative estimate of drug-likeness (QED) is 0.718.